The predicted molar refractivity (Wildman–Crippen MR) is 151 cm³/mol. The van der Waals surface area contributed by atoms with Gasteiger partial charge >= 0.3 is 6.03 Å². The lowest BCUT2D eigenvalue weighted by Crippen LogP contribution is -2.43. The largest absolute Gasteiger partial charge is 0.334 e. The quantitative estimate of drug-likeness (QED) is 0.314. The third kappa shape index (κ3) is 6.88. The first-order valence-corrected chi connectivity index (χ1v) is 12.8. The number of hydrogen-bond donors (Lipinski definition) is 2. The average molecular weight is 510 g/mol. The molecule has 3 amide bonds. The van der Waals surface area contributed by atoms with Gasteiger partial charge in [-0.3, -0.25) is 4.79 Å². The zero-order valence-corrected chi connectivity index (χ0v) is 22.4. The van der Waals surface area contributed by atoms with Gasteiger partial charge in [0.05, 0.1) is 11.4 Å². The fourth-order valence-electron chi connectivity index (χ4n) is 4.07. The van der Waals surface area contributed by atoms with E-state index in [0.29, 0.717) is 18.9 Å². The van der Waals surface area contributed by atoms with E-state index in [1.165, 1.54) is 4.90 Å². The number of anilines is 1. The minimum Gasteiger partial charge on any atom is -0.334 e. The molecule has 4 aromatic rings. The third-order valence-corrected chi connectivity index (χ3v) is 6.21. The standard InChI is InChI=1S/C31H35N5O2/c1-23-13-11-12-18-26(23)36-28(19-27(34-36)31(2,3)4)33-29(37)22-35(21-25-16-9-6-10-17-25)30(38)32-20-24-14-7-5-8-15-24/h5-19H,20-22H2,1-4H3,(H,32,38)(H,33,37). The number of benzene rings is 3. The number of nitrogens with one attached hydrogen (secondary N) is 2. The van der Waals surface area contributed by atoms with Crippen molar-refractivity contribution in [3.05, 3.63) is 113 Å². The van der Waals surface area contributed by atoms with E-state index >= 15 is 0 Å². The Hall–Kier alpha value is -4.39. The predicted octanol–water partition coefficient (Wildman–Crippen LogP) is 5.83. The number of amides is 3. The molecular formula is C31H35N5O2. The van der Waals surface area contributed by atoms with Gasteiger partial charge in [-0.2, -0.15) is 5.10 Å². The van der Waals surface area contributed by atoms with Crippen molar-refractivity contribution in [2.24, 2.45) is 0 Å². The highest BCUT2D eigenvalue weighted by molar-refractivity contribution is 5.94. The highest BCUT2D eigenvalue weighted by Gasteiger charge is 2.23. The van der Waals surface area contributed by atoms with Gasteiger partial charge in [-0.05, 0) is 29.7 Å². The first-order valence-electron chi connectivity index (χ1n) is 12.8. The van der Waals surface area contributed by atoms with Crippen molar-refractivity contribution >= 4 is 17.8 Å². The van der Waals surface area contributed by atoms with Crippen molar-refractivity contribution in [2.75, 3.05) is 11.9 Å². The van der Waals surface area contributed by atoms with Gasteiger partial charge in [-0.15, -0.1) is 0 Å². The van der Waals surface area contributed by atoms with Crippen LogP contribution in [0.15, 0.2) is 91.0 Å². The van der Waals surface area contributed by atoms with Gasteiger partial charge in [0.15, 0.2) is 0 Å². The van der Waals surface area contributed by atoms with E-state index in [2.05, 4.69) is 31.4 Å². The molecule has 7 heteroatoms. The Morgan fingerprint density at radius 1 is 0.868 bits per heavy atom. The lowest BCUT2D eigenvalue weighted by molar-refractivity contribution is -0.116. The summed E-state index contributed by atoms with van der Waals surface area (Å²) >= 11 is 0. The van der Waals surface area contributed by atoms with Crippen molar-refractivity contribution in [3.8, 4) is 5.69 Å². The maximum absolute atomic E-state index is 13.3. The molecule has 1 aromatic heterocycles. The number of nitrogens with zero attached hydrogens (tertiary/aromatic N) is 3. The van der Waals surface area contributed by atoms with Crippen molar-refractivity contribution in [3.63, 3.8) is 0 Å². The van der Waals surface area contributed by atoms with E-state index in [-0.39, 0.29) is 23.9 Å². The Bertz CT molecular complexity index is 1370. The smallest absolute Gasteiger partial charge is 0.318 e. The van der Waals surface area contributed by atoms with Gasteiger partial charge in [0.1, 0.15) is 12.4 Å². The molecule has 2 N–H and O–H groups in total. The minimum absolute atomic E-state index is 0.112. The van der Waals surface area contributed by atoms with E-state index in [1.807, 2.05) is 97.9 Å². The number of carbonyl (C=O) groups excluding carboxylic acids is 2. The molecule has 7 nitrogen and oxygen atoms in total. The van der Waals surface area contributed by atoms with E-state index in [4.69, 9.17) is 5.10 Å². The molecule has 38 heavy (non-hydrogen) atoms. The molecule has 3 aromatic carbocycles. The summed E-state index contributed by atoms with van der Waals surface area (Å²) in [5, 5.41) is 10.8. The number of carbonyl (C=O) groups is 2. The molecule has 0 saturated heterocycles. The first-order chi connectivity index (χ1) is 18.2. The van der Waals surface area contributed by atoms with Crippen molar-refractivity contribution in [1.29, 1.82) is 0 Å². The summed E-state index contributed by atoms with van der Waals surface area (Å²) in [6.07, 6.45) is 0. The van der Waals surface area contributed by atoms with Crippen LogP contribution < -0.4 is 10.6 Å². The van der Waals surface area contributed by atoms with Crippen LogP contribution in [-0.2, 0) is 23.3 Å². The Morgan fingerprint density at radius 3 is 2.11 bits per heavy atom. The molecule has 0 aliphatic rings. The molecule has 0 bridgehead atoms. The maximum Gasteiger partial charge on any atom is 0.318 e. The van der Waals surface area contributed by atoms with Gasteiger partial charge in [-0.1, -0.05) is 99.6 Å². The second-order valence-electron chi connectivity index (χ2n) is 10.4. The van der Waals surface area contributed by atoms with Gasteiger partial charge in [-0.25, -0.2) is 9.48 Å². The van der Waals surface area contributed by atoms with Crippen LogP contribution in [0, 0.1) is 6.92 Å². The monoisotopic (exact) mass is 509 g/mol. The Balaban J connectivity index is 1.55. The lowest BCUT2D eigenvalue weighted by Gasteiger charge is -2.23. The zero-order chi connectivity index (χ0) is 27.1. The van der Waals surface area contributed by atoms with Crippen LogP contribution in [0.5, 0.6) is 0 Å². The number of aryl methyl sites for hydroxylation is 1. The van der Waals surface area contributed by atoms with E-state index in [0.717, 1.165) is 28.1 Å². The van der Waals surface area contributed by atoms with Crippen LogP contribution in [0.1, 0.15) is 43.2 Å². The van der Waals surface area contributed by atoms with Gasteiger partial charge in [0.25, 0.3) is 0 Å². The second-order valence-corrected chi connectivity index (χ2v) is 10.4. The molecule has 0 fully saturated rings. The molecule has 4 rings (SSSR count). The molecular weight excluding hydrogens is 474 g/mol. The average Bonchev–Trinajstić information content (AvgIpc) is 3.32. The summed E-state index contributed by atoms with van der Waals surface area (Å²) < 4.78 is 1.77. The van der Waals surface area contributed by atoms with Crippen molar-refractivity contribution in [1.82, 2.24) is 20.0 Å². The number of urea groups is 1. The number of para-hydroxylation sites is 1. The number of aromatic nitrogens is 2. The van der Waals surface area contributed by atoms with Crippen LogP contribution in [-0.4, -0.2) is 33.2 Å². The summed E-state index contributed by atoms with van der Waals surface area (Å²) in [4.78, 5) is 28.1. The summed E-state index contributed by atoms with van der Waals surface area (Å²) in [5.74, 6) is 0.268. The summed E-state index contributed by atoms with van der Waals surface area (Å²) in [7, 11) is 0. The molecule has 0 atom stereocenters. The Labute approximate surface area is 224 Å². The lowest BCUT2D eigenvalue weighted by atomic mass is 9.92. The van der Waals surface area contributed by atoms with E-state index < -0.39 is 0 Å². The highest BCUT2D eigenvalue weighted by Crippen LogP contribution is 2.27. The second kappa shape index (κ2) is 11.8. The van der Waals surface area contributed by atoms with Gasteiger partial charge in [0.2, 0.25) is 5.91 Å². The van der Waals surface area contributed by atoms with Gasteiger partial charge < -0.3 is 15.5 Å². The summed E-state index contributed by atoms with van der Waals surface area (Å²) in [6, 6.07) is 28.9. The highest BCUT2D eigenvalue weighted by atomic mass is 16.2. The number of hydrogen-bond acceptors (Lipinski definition) is 3. The van der Waals surface area contributed by atoms with Crippen molar-refractivity contribution < 1.29 is 9.59 Å². The molecule has 0 unspecified atom stereocenters. The van der Waals surface area contributed by atoms with Crippen LogP contribution in [0.25, 0.3) is 5.69 Å². The third-order valence-electron chi connectivity index (χ3n) is 6.21. The SMILES string of the molecule is Cc1ccccc1-n1nc(C(C)(C)C)cc1NC(=O)CN(Cc1ccccc1)C(=O)NCc1ccccc1. The zero-order valence-electron chi connectivity index (χ0n) is 22.4. The van der Waals surface area contributed by atoms with E-state index in [9.17, 15) is 9.59 Å². The summed E-state index contributed by atoms with van der Waals surface area (Å²) in [6.45, 7) is 8.84. The Morgan fingerprint density at radius 2 is 1.47 bits per heavy atom. The molecule has 196 valence electrons. The van der Waals surface area contributed by atoms with Crippen LogP contribution >= 0.6 is 0 Å². The maximum atomic E-state index is 13.3. The van der Waals surface area contributed by atoms with Crippen molar-refractivity contribution in [2.45, 2.75) is 46.2 Å². The topological polar surface area (TPSA) is 79.3 Å². The Kier molecular flexibility index (Phi) is 8.26. The molecule has 1 heterocycles. The molecule has 0 radical (unpaired) electrons. The molecule has 0 saturated carbocycles. The molecule has 0 aliphatic carbocycles. The first kappa shape index (κ1) is 26.7. The van der Waals surface area contributed by atoms with Crippen LogP contribution in [0.4, 0.5) is 10.6 Å². The van der Waals surface area contributed by atoms with E-state index in [1.54, 1.807) is 4.68 Å². The minimum atomic E-state index is -0.310. The fraction of sp³-hybridized carbons (Fsp3) is 0.258. The molecule has 0 spiro atoms. The van der Waals surface area contributed by atoms with Gasteiger partial charge in [0, 0.05) is 24.6 Å². The normalized spacial score (nSPS) is 11.2. The fourth-order valence-corrected chi connectivity index (χ4v) is 4.07. The summed E-state index contributed by atoms with van der Waals surface area (Å²) in [5.41, 5.74) is 4.51. The molecule has 0 aliphatic heterocycles. The van der Waals surface area contributed by atoms with Crippen LogP contribution in [0.2, 0.25) is 0 Å². The number of rotatable bonds is 8. The van der Waals surface area contributed by atoms with Crippen LogP contribution in [0.3, 0.4) is 0 Å².